The molecule has 0 aromatic heterocycles. The lowest BCUT2D eigenvalue weighted by molar-refractivity contribution is -0.225. The molecule has 1 spiro atoms. The minimum absolute atomic E-state index is 0.373. The average molecular weight is 218 g/mol. The number of hydrogen-bond donors (Lipinski definition) is 0. The van der Waals surface area contributed by atoms with Gasteiger partial charge in [-0.25, -0.2) is 0 Å². The molecule has 6 atom stereocenters. The third-order valence-electron chi connectivity index (χ3n) is 7.84. The summed E-state index contributed by atoms with van der Waals surface area (Å²) in [6.45, 7) is 7.31. The molecule has 0 N–H and O–H groups in total. The van der Waals surface area contributed by atoms with Crippen LogP contribution in [0.15, 0.2) is 0 Å². The first-order valence-electron chi connectivity index (χ1n) is 6.98. The number of carbonyl (C=O) groups is 1. The Morgan fingerprint density at radius 1 is 1.25 bits per heavy atom. The summed E-state index contributed by atoms with van der Waals surface area (Å²) in [4.78, 5) is 12.2. The van der Waals surface area contributed by atoms with Gasteiger partial charge in [0.25, 0.3) is 0 Å². The van der Waals surface area contributed by atoms with Gasteiger partial charge in [0.05, 0.1) is 0 Å². The van der Waals surface area contributed by atoms with Gasteiger partial charge in [-0.05, 0) is 53.8 Å². The largest absolute Gasteiger partial charge is 0.299 e. The predicted octanol–water partition coefficient (Wildman–Crippen LogP) is 3.43. The summed E-state index contributed by atoms with van der Waals surface area (Å²) in [5.41, 5.74) is 1.43. The van der Waals surface area contributed by atoms with Crippen LogP contribution in [0, 0.1) is 34.0 Å². The molecule has 88 valence electrons. The van der Waals surface area contributed by atoms with Crippen LogP contribution in [0.25, 0.3) is 0 Å². The highest BCUT2D eigenvalue weighted by Gasteiger charge is 2.81. The molecule has 2 bridgehead atoms. The lowest BCUT2D eigenvalue weighted by atomic mass is 9.32. The van der Waals surface area contributed by atoms with E-state index in [9.17, 15) is 4.79 Å². The van der Waals surface area contributed by atoms with Gasteiger partial charge in [0.1, 0.15) is 5.78 Å². The van der Waals surface area contributed by atoms with E-state index in [0.29, 0.717) is 33.9 Å². The lowest BCUT2D eigenvalue weighted by Crippen LogP contribution is -2.68. The number of hydrogen-bond acceptors (Lipinski definition) is 1. The number of ketones is 1. The molecule has 4 fully saturated rings. The van der Waals surface area contributed by atoms with Gasteiger partial charge in [-0.1, -0.05) is 20.8 Å². The van der Waals surface area contributed by atoms with Crippen molar-refractivity contribution in [3.63, 3.8) is 0 Å². The van der Waals surface area contributed by atoms with Crippen LogP contribution in [0.3, 0.4) is 0 Å². The summed E-state index contributed by atoms with van der Waals surface area (Å²) in [6, 6.07) is 0. The van der Waals surface area contributed by atoms with Gasteiger partial charge in [-0.2, -0.15) is 0 Å². The van der Waals surface area contributed by atoms with Gasteiger partial charge in [0.15, 0.2) is 0 Å². The van der Waals surface area contributed by atoms with Crippen molar-refractivity contribution in [2.24, 2.45) is 34.0 Å². The normalized spacial score (nSPS) is 66.7. The molecule has 0 amide bonds. The molecule has 0 radical (unpaired) electrons. The topological polar surface area (TPSA) is 17.1 Å². The zero-order valence-electron chi connectivity index (χ0n) is 10.7. The van der Waals surface area contributed by atoms with Crippen molar-refractivity contribution in [2.45, 2.75) is 52.9 Å². The third kappa shape index (κ3) is 0.616. The van der Waals surface area contributed by atoms with Crippen LogP contribution in [0.5, 0.6) is 0 Å². The van der Waals surface area contributed by atoms with E-state index in [0.717, 1.165) is 12.3 Å². The molecule has 4 aliphatic carbocycles. The maximum atomic E-state index is 12.2. The zero-order chi connectivity index (χ0) is 11.3. The lowest BCUT2D eigenvalue weighted by Gasteiger charge is -2.70. The number of rotatable bonds is 0. The minimum Gasteiger partial charge on any atom is -0.299 e. The summed E-state index contributed by atoms with van der Waals surface area (Å²) in [7, 11) is 0. The van der Waals surface area contributed by atoms with E-state index < -0.39 is 0 Å². The van der Waals surface area contributed by atoms with Crippen molar-refractivity contribution in [2.75, 3.05) is 0 Å². The molecular weight excluding hydrogens is 196 g/mol. The van der Waals surface area contributed by atoms with Gasteiger partial charge < -0.3 is 0 Å². The zero-order valence-corrected chi connectivity index (χ0v) is 10.7. The Hall–Kier alpha value is -0.330. The van der Waals surface area contributed by atoms with E-state index >= 15 is 0 Å². The fraction of sp³-hybridized carbons (Fsp3) is 0.933. The van der Waals surface area contributed by atoms with E-state index in [4.69, 9.17) is 0 Å². The van der Waals surface area contributed by atoms with Crippen LogP contribution in [-0.2, 0) is 4.79 Å². The molecule has 4 aliphatic rings. The molecule has 0 aliphatic heterocycles. The monoisotopic (exact) mass is 218 g/mol. The Balaban J connectivity index is 1.93. The Morgan fingerprint density at radius 2 is 2.00 bits per heavy atom. The average Bonchev–Trinajstić information content (AvgIpc) is 2.72. The van der Waals surface area contributed by atoms with Crippen LogP contribution in [-0.4, -0.2) is 5.78 Å². The maximum Gasteiger partial charge on any atom is 0.136 e. The van der Waals surface area contributed by atoms with E-state index in [1.165, 1.54) is 25.7 Å². The summed E-state index contributed by atoms with van der Waals surface area (Å²) >= 11 is 0. The second-order valence-corrected chi connectivity index (χ2v) is 7.54. The minimum atomic E-state index is 0.373. The van der Waals surface area contributed by atoms with Crippen molar-refractivity contribution in [1.29, 1.82) is 0 Å². The maximum absolute atomic E-state index is 12.2. The molecule has 0 aromatic rings. The first kappa shape index (κ1) is 9.67. The summed E-state index contributed by atoms with van der Waals surface area (Å²) in [5, 5.41) is 0. The van der Waals surface area contributed by atoms with Gasteiger partial charge in [0, 0.05) is 12.3 Å². The van der Waals surface area contributed by atoms with E-state index in [1.807, 2.05) is 0 Å². The molecule has 16 heavy (non-hydrogen) atoms. The van der Waals surface area contributed by atoms with Crippen LogP contribution in [0.2, 0.25) is 0 Å². The van der Waals surface area contributed by atoms with E-state index in [1.54, 1.807) is 0 Å². The Bertz CT molecular complexity index is 400. The molecular formula is C15H22O. The quantitative estimate of drug-likeness (QED) is 0.609. The summed E-state index contributed by atoms with van der Waals surface area (Å²) in [5.74, 6) is 2.60. The third-order valence-corrected chi connectivity index (χ3v) is 7.84. The van der Waals surface area contributed by atoms with Crippen molar-refractivity contribution >= 4 is 5.78 Å². The van der Waals surface area contributed by atoms with E-state index in [2.05, 4.69) is 20.8 Å². The van der Waals surface area contributed by atoms with Crippen molar-refractivity contribution < 1.29 is 4.79 Å². The number of carbonyl (C=O) groups excluding carboxylic acids is 1. The fourth-order valence-corrected chi connectivity index (χ4v) is 6.74. The van der Waals surface area contributed by atoms with Crippen LogP contribution in [0.1, 0.15) is 52.9 Å². The van der Waals surface area contributed by atoms with Crippen molar-refractivity contribution in [3.05, 3.63) is 0 Å². The first-order valence-corrected chi connectivity index (χ1v) is 6.98. The Morgan fingerprint density at radius 3 is 2.75 bits per heavy atom. The molecule has 0 saturated heterocycles. The molecule has 0 heterocycles. The van der Waals surface area contributed by atoms with Gasteiger partial charge >= 0.3 is 0 Å². The number of Topliss-reactive ketones (excluding diaryl/α,β-unsaturated/α-hetero) is 1. The van der Waals surface area contributed by atoms with Crippen LogP contribution >= 0.6 is 0 Å². The second kappa shape index (κ2) is 2.28. The van der Waals surface area contributed by atoms with Gasteiger partial charge in [-0.15, -0.1) is 0 Å². The Labute approximate surface area is 98.0 Å². The highest BCUT2D eigenvalue weighted by molar-refractivity contribution is 5.85. The summed E-state index contributed by atoms with van der Waals surface area (Å²) < 4.78 is 0. The van der Waals surface area contributed by atoms with Gasteiger partial charge in [0.2, 0.25) is 0 Å². The molecule has 1 heteroatoms. The van der Waals surface area contributed by atoms with Crippen LogP contribution in [0.4, 0.5) is 0 Å². The van der Waals surface area contributed by atoms with E-state index in [-0.39, 0.29) is 0 Å². The SMILES string of the molecule is CC1CC(=O)C2CC3(C)C4CCC1(C4)C23C. The number of fused-ring (bicyclic) bond motifs is 2. The fourth-order valence-electron chi connectivity index (χ4n) is 6.74. The highest BCUT2D eigenvalue weighted by atomic mass is 16.1. The molecule has 4 saturated carbocycles. The standard InChI is InChI=1S/C15H22O/c1-9-6-12(16)11-8-13(2)10-4-5-15(9,7-10)14(11,13)3/h9-11H,4-8H2,1-3H3. The second-order valence-electron chi connectivity index (χ2n) is 7.54. The van der Waals surface area contributed by atoms with Crippen LogP contribution < -0.4 is 0 Å². The highest BCUT2D eigenvalue weighted by Crippen LogP contribution is 2.86. The molecule has 6 unspecified atom stereocenters. The smallest absolute Gasteiger partial charge is 0.136 e. The van der Waals surface area contributed by atoms with Crippen molar-refractivity contribution in [1.82, 2.24) is 0 Å². The first-order chi connectivity index (χ1) is 7.46. The molecule has 4 rings (SSSR count). The van der Waals surface area contributed by atoms with Crippen molar-refractivity contribution in [3.8, 4) is 0 Å². The molecule has 0 aromatic carbocycles. The Kier molecular flexibility index (Phi) is 1.38. The molecule has 1 nitrogen and oxygen atoms in total. The summed E-state index contributed by atoms with van der Waals surface area (Å²) in [6.07, 6.45) is 6.38. The van der Waals surface area contributed by atoms with Gasteiger partial charge in [-0.3, -0.25) is 4.79 Å². The predicted molar refractivity (Wildman–Crippen MR) is 62.9 cm³/mol.